The number of fused-ring (bicyclic) bond motifs is 4. The largest absolute Gasteiger partial charge is 0.456 e. The highest BCUT2D eigenvalue weighted by molar-refractivity contribution is 6.09. The van der Waals surface area contributed by atoms with Crippen LogP contribution in [-0.2, 0) is 23.6 Å². The Morgan fingerprint density at radius 1 is 0.684 bits per heavy atom. The number of imidazole rings is 1. The van der Waals surface area contributed by atoms with Gasteiger partial charge in [0.05, 0.1) is 39.6 Å². The number of aromatic nitrogens is 5. The van der Waals surface area contributed by atoms with Crippen molar-refractivity contribution in [2.24, 2.45) is 11.8 Å². The molecule has 290 valence electrons. The lowest BCUT2D eigenvalue weighted by molar-refractivity contribution is -0.572. The number of benzene rings is 4. The molecule has 4 aromatic heterocycles. The quantitative estimate of drug-likeness (QED) is 0.109. The third-order valence-corrected chi connectivity index (χ3v) is 10.3. The molecule has 0 saturated heterocycles. The molecule has 0 atom stereocenters. The van der Waals surface area contributed by atoms with E-state index in [4.69, 9.17) is 15.2 Å². The molecule has 4 aromatic carbocycles. The van der Waals surface area contributed by atoms with Crippen LogP contribution in [0.2, 0.25) is 0 Å². The summed E-state index contributed by atoms with van der Waals surface area (Å²) in [4.78, 5) is 9.49. The Labute approximate surface area is 343 Å². The summed E-state index contributed by atoms with van der Waals surface area (Å²) in [5.41, 5.74) is 8.09. The predicted molar refractivity (Wildman–Crippen MR) is 235 cm³/mol. The molecule has 6 heteroatoms. The average Bonchev–Trinajstić information content (AvgIpc) is 3.76. The van der Waals surface area contributed by atoms with Crippen LogP contribution >= 0.6 is 0 Å². The summed E-state index contributed by atoms with van der Waals surface area (Å²) < 4.78 is 48.9. The predicted octanol–water partition coefficient (Wildman–Crippen LogP) is 12.4. The highest BCUT2D eigenvalue weighted by atomic mass is 16.5. The van der Waals surface area contributed by atoms with Crippen molar-refractivity contribution in [3.8, 4) is 28.7 Å². The van der Waals surface area contributed by atoms with E-state index in [1.807, 2.05) is 67.3 Å². The zero-order valence-corrected chi connectivity index (χ0v) is 34.8. The first-order valence-electron chi connectivity index (χ1n) is 21.9. The fourth-order valence-electron chi connectivity index (χ4n) is 7.52. The molecule has 6 nitrogen and oxygen atoms in total. The third kappa shape index (κ3) is 7.70. The molecule has 0 N–H and O–H groups in total. The van der Waals surface area contributed by atoms with Gasteiger partial charge in [-0.25, -0.2) is 4.98 Å². The highest BCUT2D eigenvalue weighted by Gasteiger charge is 2.21. The van der Waals surface area contributed by atoms with Crippen LogP contribution in [0.4, 0.5) is 0 Å². The molecule has 4 heterocycles. The topological polar surface area (TPSA) is 48.8 Å². The van der Waals surface area contributed by atoms with Gasteiger partial charge in [0, 0.05) is 34.7 Å². The summed E-state index contributed by atoms with van der Waals surface area (Å²) in [7, 11) is 0. The maximum absolute atomic E-state index is 9.06. The highest BCUT2D eigenvalue weighted by Crippen LogP contribution is 2.36. The molecule has 8 rings (SSSR count). The van der Waals surface area contributed by atoms with Crippen LogP contribution < -0.4 is 9.30 Å². The van der Waals surface area contributed by atoms with E-state index in [-0.39, 0.29) is 22.7 Å². The number of ether oxygens (including phenoxy) is 1. The van der Waals surface area contributed by atoms with Gasteiger partial charge < -0.3 is 4.74 Å². The van der Waals surface area contributed by atoms with Crippen LogP contribution in [0.15, 0.2) is 116 Å². The molecule has 0 aliphatic rings. The van der Waals surface area contributed by atoms with Crippen molar-refractivity contribution < 1.29 is 14.8 Å². The smallest absolute Gasteiger partial charge is 0.269 e. The fourth-order valence-corrected chi connectivity index (χ4v) is 7.52. The molecule has 0 bridgehead atoms. The number of para-hydroxylation sites is 1. The first kappa shape index (κ1) is 33.4. The molecule has 0 amide bonds. The van der Waals surface area contributed by atoms with E-state index in [0.717, 1.165) is 49.9 Å². The summed E-state index contributed by atoms with van der Waals surface area (Å²) in [6, 6.07) is 32.4. The number of nitrogens with zero attached hydrogens (tertiary/aromatic N) is 5. The average molecular weight is 758 g/mol. The molecule has 57 heavy (non-hydrogen) atoms. The molecule has 0 aliphatic carbocycles. The second kappa shape index (κ2) is 14.6. The summed E-state index contributed by atoms with van der Waals surface area (Å²) in [6.07, 6.45) is 5.54. The van der Waals surface area contributed by atoms with Gasteiger partial charge in [0.15, 0.2) is 0 Å². The Morgan fingerprint density at radius 3 is 2.07 bits per heavy atom. The van der Waals surface area contributed by atoms with E-state index in [1.54, 1.807) is 18.5 Å². The Hall–Kier alpha value is -5.75. The summed E-state index contributed by atoms with van der Waals surface area (Å²) in [6.45, 7) is 20.6. The van der Waals surface area contributed by atoms with Crippen molar-refractivity contribution in [3.05, 3.63) is 144 Å². The van der Waals surface area contributed by atoms with E-state index in [9.17, 15) is 0 Å². The molecule has 0 spiro atoms. The summed E-state index contributed by atoms with van der Waals surface area (Å²) in [5, 5.41) is 2.23. The molecule has 0 fully saturated rings. The molecule has 8 aromatic rings. The zero-order valence-electron chi connectivity index (χ0n) is 38.8. The van der Waals surface area contributed by atoms with Gasteiger partial charge in [-0.3, -0.25) is 18.7 Å². The van der Waals surface area contributed by atoms with Crippen molar-refractivity contribution in [2.75, 3.05) is 0 Å². The number of rotatable bonds is 9. The van der Waals surface area contributed by atoms with Crippen molar-refractivity contribution in [1.82, 2.24) is 19.1 Å². The first-order chi connectivity index (χ1) is 28.6. The zero-order chi connectivity index (χ0) is 43.8. The van der Waals surface area contributed by atoms with Crippen molar-refractivity contribution in [2.45, 2.75) is 92.8 Å². The van der Waals surface area contributed by atoms with Crippen molar-refractivity contribution in [1.29, 1.82) is 0 Å². The number of pyridine rings is 2. The van der Waals surface area contributed by atoms with Crippen molar-refractivity contribution >= 4 is 32.8 Å². The van der Waals surface area contributed by atoms with E-state index in [1.165, 1.54) is 5.56 Å². The monoisotopic (exact) mass is 757 g/mol. The van der Waals surface area contributed by atoms with Gasteiger partial charge in [0.1, 0.15) is 17.3 Å². The second-order valence-electron chi connectivity index (χ2n) is 17.8. The van der Waals surface area contributed by atoms with E-state index in [0.29, 0.717) is 28.3 Å². The standard InChI is InChI=1S/C51H55N5O/c1-33(2)21-35-23-36(22-34(3)4)25-39(24-35)54-32-55(48-26-37(50(5,6)7)15-18-46(48)54)40-28-42(31-52-30-40)57-41-16-17-44-43-13-11-12-14-45(43)56(47(44)29-41)49-27-38(19-20-53-49)51(8,9)10/h11-20,23-31,33-34H,21-22H2,1-10H3/i21D2,22D2. The minimum atomic E-state index is -1.70. The maximum Gasteiger partial charge on any atom is 0.269 e. The molecular formula is C51H55N5O. The number of hydrogen-bond acceptors (Lipinski definition) is 3. The van der Waals surface area contributed by atoms with Crippen LogP contribution in [0.3, 0.4) is 0 Å². The Kier molecular flexibility index (Phi) is 8.58. The molecule has 0 unspecified atom stereocenters. The first-order valence-corrected chi connectivity index (χ1v) is 19.9. The van der Waals surface area contributed by atoms with Gasteiger partial charge in [-0.1, -0.05) is 117 Å². The summed E-state index contributed by atoms with van der Waals surface area (Å²) >= 11 is 0. The van der Waals surface area contributed by atoms with E-state index < -0.39 is 12.7 Å². The SMILES string of the molecule is [2H]C([2H])(c1cc(-[n+]2[c-]n(-c3cncc(Oc4ccc5c6ccccc6n(-c6cc(C(C)(C)C)ccn6)c5c4)c3)c3cc(C(C)(C)C)ccc32)cc(C([2H])([2H])C(C)C)c1)C(C)C. The van der Waals surface area contributed by atoms with Crippen LogP contribution in [-0.4, -0.2) is 19.1 Å². The normalized spacial score (nSPS) is 14.0. The van der Waals surface area contributed by atoms with Gasteiger partial charge in [-0.15, -0.1) is 0 Å². The molecule has 0 saturated carbocycles. The molecule has 0 aliphatic heterocycles. The lowest BCUT2D eigenvalue weighted by atomic mass is 9.87. The van der Waals surface area contributed by atoms with Crippen LogP contribution in [0.5, 0.6) is 11.5 Å². The van der Waals surface area contributed by atoms with Gasteiger partial charge in [-0.2, -0.15) is 0 Å². The maximum atomic E-state index is 9.06. The van der Waals surface area contributed by atoms with Gasteiger partial charge in [0.25, 0.3) is 6.33 Å². The molecular weight excluding hydrogens is 699 g/mol. The van der Waals surface area contributed by atoms with E-state index in [2.05, 4.69) is 124 Å². The lowest BCUT2D eigenvalue weighted by Crippen LogP contribution is -2.30. The fraction of sp³-hybridized carbons (Fsp3) is 0.314. The van der Waals surface area contributed by atoms with Gasteiger partial charge in [-0.05, 0) is 101 Å². The third-order valence-electron chi connectivity index (χ3n) is 10.3. The van der Waals surface area contributed by atoms with E-state index >= 15 is 0 Å². The summed E-state index contributed by atoms with van der Waals surface area (Å²) in [5.74, 6) is 1.37. The number of hydrogen-bond donors (Lipinski definition) is 0. The minimum Gasteiger partial charge on any atom is -0.456 e. The van der Waals surface area contributed by atoms with Gasteiger partial charge in [0.2, 0.25) is 0 Å². The minimum absolute atomic E-state index is 0.0428. The van der Waals surface area contributed by atoms with Crippen LogP contribution in [0, 0.1) is 18.2 Å². The molecule has 0 radical (unpaired) electrons. The Balaban J connectivity index is 1.26. The second-order valence-corrected chi connectivity index (χ2v) is 17.8. The van der Waals surface area contributed by atoms with Gasteiger partial charge >= 0.3 is 0 Å². The van der Waals surface area contributed by atoms with Crippen LogP contribution in [0.1, 0.15) is 97.0 Å². The Morgan fingerprint density at radius 2 is 1.37 bits per heavy atom. The lowest BCUT2D eigenvalue weighted by Gasteiger charge is -2.20. The van der Waals surface area contributed by atoms with Crippen molar-refractivity contribution in [3.63, 3.8) is 0 Å². The Bertz CT molecular complexity index is 2910. The van der Waals surface area contributed by atoms with Crippen LogP contribution in [0.25, 0.3) is 50.0 Å².